The van der Waals surface area contributed by atoms with Gasteiger partial charge in [0.2, 0.25) is 0 Å². The van der Waals surface area contributed by atoms with Gasteiger partial charge in [0.15, 0.2) is 0 Å². The van der Waals surface area contributed by atoms with Crippen molar-refractivity contribution in [3.8, 4) is 0 Å². The van der Waals surface area contributed by atoms with E-state index in [1.54, 1.807) is 0 Å². The molecule has 3 N–H and O–H groups in total. The lowest BCUT2D eigenvalue weighted by atomic mass is 10.1. The van der Waals surface area contributed by atoms with E-state index < -0.39 is 11.8 Å². The molecule has 0 aliphatic carbocycles. The Balaban J connectivity index is 1.99. The van der Waals surface area contributed by atoms with Crippen LogP contribution in [0.3, 0.4) is 0 Å². The number of rotatable bonds is 4. The standard InChI is InChI=1S/C15H12BrN3O3/c16-13-3-1-2-10(8-13)9-17-18-14(20)11-4-6-12(7-5-11)15(21)19-22/h1-9,22H,(H,18,20)(H,19,21)/b17-9+. The summed E-state index contributed by atoms with van der Waals surface area (Å²) in [5, 5.41) is 12.4. The third-order valence-electron chi connectivity index (χ3n) is 2.74. The Kier molecular flexibility index (Phi) is 5.40. The zero-order chi connectivity index (χ0) is 15.9. The molecule has 2 aromatic rings. The van der Waals surface area contributed by atoms with Gasteiger partial charge in [0.25, 0.3) is 11.8 Å². The molecule has 0 aliphatic rings. The van der Waals surface area contributed by atoms with E-state index in [-0.39, 0.29) is 5.56 Å². The number of hydrogen-bond donors (Lipinski definition) is 3. The average molecular weight is 362 g/mol. The van der Waals surface area contributed by atoms with Gasteiger partial charge in [-0.2, -0.15) is 5.10 Å². The predicted octanol–water partition coefficient (Wildman–Crippen LogP) is 2.33. The summed E-state index contributed by atoms with van der Waals surface area (Å²) in [4.78, 5) is 23.0. The van der Waals surface area contributed by atoms with Crippen LogP contribution in [0, 0.1) is 0 Å². The first-order chi connectivity index (χ1) is 10.6. The molecule has 7 heteroatoms. The normalized spacial score (nSPS) is 10.5. The van der Waals surface area contributed by atoms with Crippen molar-refractivity contribution in [2.75, 3.05) is 0 Å². The summed E-state index contributed by atoms with van der Waals surface area (Å²) < 4.78 is 0.917. The molecule has 0 saturated carbocycles. The van der Waals surface area contributed by atoms with Crippen molar-refractivity contribution >= 4 is 34.0 Å². The van der Waals surface area contributed by atoms with Crippen LogP contribution in [0.25, 0.3) is 0 Å². The summed E-state index contributed by atoms with van der Waals surface area (Å²) >= 11 is 3.34. The van der Waals surface area contributed by atoms with E-state index >= 15 is 0 Å². The average Bonchev–Trinajstić information content (AvgIpc) is 2.54. The van der Waals surface area contributed by atoms with Gasteiger partial charge in [0.1, 0.15) is 0 Å². The fourth-order valence-electron chi connectivity index (χ4n) is 1.65. The maximum absolute atomic E-state index is 11.9. The molecule has 0 unspecified atom stereocenters. The number of amides is 2. The smallest absolute Gasteiger partial charge is 0.274 e. The second-order valence-electron chi connectivity index (χ2n) is 4.27. The minimum Gasteiger partial charge on any atom is -0.288 e. The largest absolute Gasteiger partial charge is 0.288 e. The highest BCUT2D eigenvalue weighted by Gasteiger charge is 2.07. The molecule has 112 valence electrons. The molecule has 2 aromatic carbocycles. The van der Waals surface area contributed by atoms with Crippen LogP contribution in [0.2, 0.25) is 0 Å². The maximum atomic E-state index is 11.9. The summed E-state index contributed by atoms with van der Waals surface area (Å²) in [6.07, 6.45) is 1.52. The summed E-state index contributed by atoms with van der Waals surface area (Å²) in [5.74, 6) is -1.04. The first-order valence-corrected chi connectivity index (χ1v) is 7.03. The number of hydrogen-bond acceptors (Lipinski definition) is 4. The van der Waals surface area contributed by atoms with Crippen molar-refractivity contribution in [1.29, 1.82) is 0 Å². The zero-order valence-corrected chi connectivity index (χ0v) is 12.9. The van der Waals surface area contributed by atoms with Gasteiger partial charge < -0.3 is 0 Å². The second kappa shape index (κ2) is 7.48. The number of hydrazone groups is 1. The maximum Gasteiger partial charge on any atom is 0.274 e. The SMILES string of the molecule is O=C(NO)c1ccc(C(=O)N/N=C/c2cccc(Br)c2)cc1. The van der Waals surface area contributed by atoms with E-state index in [4.69, 9.17) is 5.21 Å². The fourth-order valence-corrected chi connectivity index (χ4v) is 2.07. The van der Waals surface area contributed by atoms with Gasteiger partial charge in [0.05, 0.1) is 6.21 Å². The lowest BCUT2D eigenvalue weighted by molar-refractivity contribution is 0.0706. The Hall–Kier alpha value is -2.51. The number of halogens is 1. The number of carbonyl (C=O) groups is 2. The van der Waals surface area contributed by atoms with E-state index in [2.05, 4.69) is 26.5 Å². The second-order valence-corrected chi connectivity index (χ2v) is 5.19. The van der Waals surface area contributed by atoms with Gasteiger partial charge in [-0.3, -0.25) is 14.8 Å². The Morgan fingerprint density at radius 3 is 2.27 bits per heavy atom. The van der Waals surface area contributed by atoms with Crippen LogP contribution < -0.4 is 10.9 Å². The number of nitrogens with one attached hydrogen (secondary N) is 2. The Morgan fingerprint density at radius 2 is 1.68 bits per heavy atom. The molecule has 0 aliphatic heterocycles. The summed E-state index contributed by atoms with van der Waals surface area (Å²) in [6, 6.07) is 13.2. The summed E-state index contributed by atoms with van der Waals surface area (Å²) in [6.45, 7) is 0. The van der Waals surface area contributed by atoms with Crippen molar-refractivity contribution in [2.24, 2.45) is 5.10 Å². The molecular weight excluding hydrogens is 350 g/mol. The highest BCUT2D eigenvalue weighted by Crippen LogP contribution is 2.10. The highest BCUT2D eigenvalue weighted by molar-refractivity contribution is 9.10. The van der Waals surface area contributed by atoms with Gasteiger partial charge in [-0.1, -0.05) is 28.1 Å². The number of hydroxylamine groups is 1. The molecule has 2 rings (SSSR count). The quantitative estimate of drug-likeness (QED) is 0.443. The third-order valence-corrected chi connectivity index (χ3v) is 3.23. The first-order valence-electron chi connectivity index (χ1n) is 6.23. The highest BCUT2D eigenvalue weighted by atomic mass is 79.9. The van der Waals surface area contributed by atoms with Crippen molar-refractivity contribution in [3.63, 3.8) is 0 Å². The Morgan fingerprint density at radius 1 is 1.05 bits per heavy atom. The molecule has 0 heterocycles. The molecule has 0 aromatic heterocycles. The lowest BCUT2D eigenvalue weighted by Gasteiger charge is -2.02. The van der Waals surface area contributed by atoms with E-state index in [0.717, 1.165) is 10.0 Å². The molecule has 0 fully saturated rings. The number of carbonyl (C=O) groups excluding carboxylic acids is 2. The van der Waals surface area contributed by atoms with Crippen LogP contribution >= 0.6 is 15.9 Å². The molecule has 6 nitrogen and oxygen atoms in total. The van der Waals surface area contributed by atoms with Gasteiger partial charge in [-0.25, -0.2) is 10.9 Å². The van der Waals surface area contributed by atoms with Crippen LogP contribution in [-0.4, -0.2) is 23.2 Å². The molecule has 22 heavy (non-hydrogen) atoms. The minimum absolute atomic E-state index is 0.247. The monoisotopic (exact) mass is 361 g/mol. The van der Waals surface area contributed by atoms with Crippen LogP contribution in [0.4, 0.5) is 0 Å². The molecule has 0 radical (unpaired) electrons. The van der Waals surface area contributed by atoms with Crippen molar-refractivity contribution in [2.45, 2.75) is 0 Å². The molecule has 0 spiro atoms. The zero-order valence-electron chi connectivity index (χ0n) is 11.3. The van der Waals surface area contributed by atoms with Crippen molar-refractivity contribution in [1.82, 2.24) is 10.9 Å². The van der Waals surface area contributed by atoms with Crippen LogP contribution in [-0.2, 0) is 0 Å². The van der Waals surface area contributed by atoms with Crippen molar-refractivity contribution in [3.05, 3.63) is 69.7 Å². The minimum atomic E-state index is -0.639. The van der Waals surface area contributed by atoms with Crippen LogP contribution in [0.15, 0.2) is 58.1 Å². The van der Waals surface area contributed by atoms with Crippen LogP contribution in [0.5, 0.6) is 0 Å². The molecule has 2 amide bonds. The van der Waals surface area contributed by atoms with Crippen LogP contribution in [0.1, 0.15) is 26.3 Å². The lowest BCUT2D eigenvalue weighted by Crippen LogP contribution is -2.20. The van der Waals surface area contributed by atoms with Gasteiger partial charge in [-0.05, 0) is 42.0 Å². The van der Waals surface area contributed by atoms with E-state index in [1.807, 2.05) is 24.3 Å². The van der Waals surface area contributed by atoms with E-state index in [1.165, 1.54) is 36.0 Å². The van der Waals surface area contributed by atoms with E-state index in [9.17, 15) is 9.59 Å². The van der Waals surface area contributed by atoms with Gasteiger partial charge in [-0.15, -0.1) is 0 Å². The molecule has 0 bridgehead atoms. The molecule has 0 saturated heterocycles. The van der Waals surface area contributed by atoms with Crippen molar-refractivity contribution < 1.29 is 14.8 Å². The summed E-state index contributed by atoms with van der Waals surface area (Å²) in [5.41, 5.74) is 5.35. The fraction of sp³-hybridized carbons (Fsp3) is 0. The predicted molar refractivity (Wildman–Crippen MR) is 84.9 cm³/mol. The van der Waals surface area contributed by atoms with Gasteiger partial charge >= 0.3 is 0 Å². The number of nitrogens with zero attached hydrogens (tertiary/aromatic N) is 1. The molecular formula is C15H12BrN3O3. The summed E-state index contributed by atoms with van der Waals surface area (Å²) in [7, 11) is 0. The first kappa shape index (κ1) is 15.9. The Bertz CT molecular complexity index is 714. The topological polar surface area (TPSA) is 90.8 Å². The Labute approximate surface area is 134 Å². The van der Waals surface area contributed by atoms with E-state index in [0.29, 0.717) is 5.56 Å². The third kappa shape index (κ3) is 4.24. The van der Waals surface area contributed by atoms with Gasteiger partial charge in [0, 0.05) is 15.6 Å². The molecule has 0 atom stereocenters. The number of benzene rings is 2.